The van der Waals surface area contributed by atoms with E-state index in [0.29, 0.717) is 35.6 Å². The number of aliphatic imine (C=N–C) groups is 1. The Hall–Kier alpha value is -3.51. The fraction of sp³-hybridized carbons (Fsp3) is 0.267. The summed E-state index contributed by atoms with van der Waals surface area (Å²) in [6.07, 6.45) is 3.59. The lowest BCUT2D eigenvalue weighted by Crippen LogP contribution is -2.31. The van der Waals surface area contributed by atoms with Gasteiger partial charge in [0.2, 0.25) is 0 Å². The van der Waals surface area contributed by atoms with E-state index in [9.17, 15) is 4.79 Å². The smallest absolute Gasteiger partial charge is 0.266 e. The van der Waals surface area contributed by atoms with Crippen LogP contribution in [-0.2, 0) is 11.2 Å². The Morgan fingerprint density at radius 3 is 2.44 bits per heavy atom. The number of aryl methyl sites for hydroxylation is 1. The van der Waals surface area contributed by atoms with E-state index in [0.717, 1.165) is 29.8 Å². The van der Waals surface area contributed by atoms with E-state index in [1.807, 2.05) is 80.6 Å². The molecule has 1 heterocycles. The first-order chi connectivity index (χ1) is 17.6. The number of benzene rings is 3. The Morgan fingerprint density at radius 1 is 0.944 bits per heavy atom. The van der Waals surface area contributed by atoms with Gasteiger partial charge in [0, 0.05) is 6.54 Å². The number of carbonyl (C=O) groups is 1. The highest BCUT2D eigenvalue weighted by Gasteiger charge is 2.33. The predicted octanol–water partition coefficient (Wildman–Crippen LogP) is 7.03. The first-order valence-electron chi connectivity index (χ1n) is 12.4. The van der Waals surface area contributed by atoms with Gasteiger partial charge in [0.05, 0.1) is 23.8 Å². The number of nitrogens with zero attached hydrogens (tertiary/aromatic N) is 2. The Morgan fingerprint density at radius 2 is 1.72 bits per heavy atom. The molecule has 0 spiro atoms. The summed E-state index contributed by atoms with van der Waals surface area (Å²) in [6, 6.07) is 24.0. The van der Waals surface area contributed by atoms with Crippen molar-refractivity contribution in [2.75, 3.05) is 19.8 Å². The van der Waals surface area contributed by atoms with Crippen molar-refractivity contribution in [2.45, 2.75) is 33.6 Å². The van der Waals surface area contributed by atoms with E-state index < -0.39 is 0 Å². The van der Waals surface area contributed by atoms with E-state index in [1.165, 1.54) is 22.9 Å². The van der Waals surface area contributed by atoms with Crippen LogP contribution in [-0.4, -0.2) is 35.7 Å². The lowest BCUT2D eigenvalue weighted by molar-refractivity contribution is -0.122. The molecule has 3 aromatic rings. The van der Waals surface area contributed by atoms with Gasteiger partial charge < -0.3 is 9.47 Å². The van der Waals surface area contributed by atoms with E-state index in [4.69, 9.17) is 14.5 Å². The maximum Gasteiger partial charge on any atom is 0.266 e. The van der Waals surface area contributed by atoms with Crippen LogP contribution < -0.4 is 9.47 Å². The summed E-state index contributed by atoms with van der Waals surface area (Å²) in [6.45, 7) is 7.80. The quantitative estimate of drug-likeness (QED) is 0.281. The molecule has 3 aromatic carbocycles. The number of thioether (sulfide) groups is 1. The van der Waals surface area contributed by atoms with E-state index >= 15 is 0 Å². The number of ether oxygens (including phenoxy) is 2. The molecule has 1 amide bonds. The Bertz CT molecular complexity index is 1240. The summed E-state index contributed by atoms with van der Waals surface area (Å²) in [5, 5.41) is 0.693. The normalized spacial score (nSPS) is 15.6. The molecule has 186 valence electrons. The van der Waals surface area contributed by atoms with Crippen LogP contribution in [0.3, 0.4) is 0 Å². The van der Waals surface area contributed by atoms with Crippen molar-refractivity contribution in [3.8, 4) is 11.5 Å². The van der Waals surface area contributed by atoms with Crippen molar-refractivity contribution >= 4 is 34.6 Å². The largest absolute Gasteiger partial charge is 0.490 e. The predicted molar refractivity (Wildman–Crippen MR) is 149 cm³/mol. The molecule has 0 aliphatic carbocycles. The van der Waals surface area contributed by atoms with Crippen molar-refractivity contribution in [1.29, 1.82) is 0 Å². The highest BCUT2D eigenvalue weighted by molar-refractivity contribution is 8.18. The molecule has 1 fully saturated rings. The summed E-state index contributed by atoms with van der Waals surface area (Å²) in [5.41, 5.74) is 4.08. The molecule has 0 unspecified atom stereocenters. The molecular weight excluding hydrogens is 468 g/mol. The Kier molecular flexibility index (Phi) is 8.85. The van der Waals surface area contributed by atoms with Crippen LogP contribution in [0.15, 0.2) is 82.7 Å². The second kappa shape index (κ2) is 12.5. The molecule has 1 saturated heterocycles. The second-order valence-electron chi connectivity index (χ2n) is 8.52. The van der Waals surface area contributed by atoms with Crippen molar-refractivity contribution in [3.63, 3.8) is 0 Å². The summed E-state index contributed by atoms with van der Waals surface area (Å²) in [4.78, 5) is 20.8. The Balaban J connectivity index is 1.62. The molecule has 5 nitrogen and oxygen atoms in total. The van der Waals surface area contributed by atoms with Gasteiger partial charge in [0.15, 0.2) is 16.7 Å². The minimum atomic E-state index is -0.0361. The van der Waals surface area contributed by atoms with Crippen molar-refractivity contribution in [3.05, 3.63) is 94.4 Å². The summed E-state index contributed by atoms with van der Waals surface area (Å²) < 4.78 is 11.6. The maximum atomic E-state index is 13.5. The van der Waals surface area contributed by atoms with Crippen molar-refractivity contribution < 1.29 is 14.3 Å². The molecule has 6 heteroatoms. The summed E-state index contributed by atoms with van der Waals surface area (Å²) in [7, 11) is 0. The molecule has 1 aliphatic rings. The van der Waals surface area contributed by atoms with Crippen LogP contribution in [0.2, 0.25) is 0 Å². The molecule has 0 radical (unpaired) electrons. The second-order valence-corrected chi connectivity index (χ2v) is 9.53. The monoisotopic (exact) mass is 500 g/mol. The lowest BCUT2D eigenvalue weighted by atomic mass is 10.1. The van der Waals surface area contributed by atoms with E-state index in [1.54, 1.807) is 4.90 Å². The van der Waals surface area contributed by atoms with Gasteiger partial charge in [-0.15, -0.1) is 0 Å². The zero-order chi connectivity index (χ0) is 25.3. The third-order valence-electron chi connectivity index (χ3n) is 5.64. The molecule has 4 rings (SSSR count). The number of hydrogen-bond acceptors (Lipinski definition) is 5. The number of carbonyl (C=O) groups excluding carboxylic acids is 1. The fourth-order valence-electron chi connectivity index (χ4n) is 3.77. The molecule has 0 N–H and O–H groups in total. The third-order valence-corrected chi connectivity index (χ3v) is 6.65. The molecule has 36 heavy (non-hydrogen) atoms. The van der Waals surface area contributed by atoms with E-state index in [-0.39, 0.29) is 5.91 Å². The zero-order valence-corrected chi connectivity index (χ0v) is 21.9. The maximum absolute atomic E-state index is 13.5. The fourth-order valence-corrected chi connectivity index (χ4v) is 4.79. The first kappa shape index (κ1) is 25.6. The number of amidine groups is 1. The van der Waals surface area contributed by atoms with Crippen molar-refractivity contribution in [1.82, 2.24) is 4.90 Å². The minimum Gasteiger partial charge on any atom is -0.490 e. The van der Waals surface area contributed by atoms with Crippen LogP contribution >= 0.6 is 11.8 Å². The highest BCUT2D eigenvalue weighted by atomic mass is 32.2. The average Bonchev–Trinajstić information content (AvgIpc) is 3.18. The summed E-state index contributed by atoms with van der Waals surface area (Å²) in [5.74, 6) is 1.37. The molecule has 0 bridgehead atoms. The minimum absolute atomic E-state index is 0.0361. The van der Waals surface area contributed by atoms with Crippen LogP contribution in [0.5, 0.6) is 11.5 Å². The topological polar surface area (TPSA) is 51.1 Å². The molecule has 0 saturated carbocycles. The molecular formula is C30H32N2O3S. The van der Waals surface area contributed by atoms with Crippen LogP contribution in [0.4, 0.5) is 5.69 Å². The van der Waals surface area contributed by atoms with Gasteiger partial charge in [-0.2, -0.15) is 0 Å². The van der Waals surface area contributed by atoms with Gasteiger partial charge in [-0.25, -0.2) is 4.99 Å². The third kappa shape index (κ3) is 6.58. The van der Waals surface area contributed by atoms with Gasteiger partial charge in [0.25, 0.3) is 5.91 Å². The van der Waals surface area contributed by atoms with Crippen LogP contribution in [0, 0.1) is 6.92 Å². The van der Waals surface area contributed by atoms with Gasteiger partial charge in [-0.3, -0.25) is 9.69 Å². The molecule has 1 aliphatic heterocycles. The van der Waals surface area contributed by atoms with Gasteiger partial charge in [0.1, 0.15) is 0 Å². The summed E-state index contributed by atoms with van der Waals surface area (Å²) >= 11 is 1.41. The number of hydrogen-bond donors (Lipinski definition) is 0. The Labute approximate surface area is 217 Å². The zero-order valence-electron chi connectivity index (χ0n) is 21.1. The average molecular weight is 501 g/mol. The first-order valence-corrected chi connectivity index (χ1v) is 13.2. The standard InChI is InChI=1S/C30H32N2O3S/c1-4-19-35-26-16-13-24(20-27(26)34-5-2)21-28-29(33)32(18-17-23-9-7-6-8-10-23)30(36-28)31-25-14-11-22(3)12-15-25/h6-16,20-21H,4-5,17-19H2,1-3H3/b28-21+,31-30?. The molecule has 0 aromatic heterocycles. The van der Waals surface area contributed by atoms with Crippen molar-refractivity contribution in [2.24, 2.45) is 4.99 Å². The molecule has 0 atom stereocenters. The van der Waals surface area contributed by atoms with Gasteiger partial charge >= 0.3 is 0 Å². The van der Waals surface area contributed by atoms with Crippen LogP contribution in [0.25, 0.3) is 6.08 Å². The number of rotatable bonds is 10. The van der Waals surface area contributed by atoms with Crippen LogP contribution in [0.1, 0.15) is 37.0 Å². The SMILES string of the molecule is CCCOc1ccc(/C=C2/SC(=Nc3ccc(C)cc3)N(CCc3ccccc3)C2=O)cc1OCC. The van der Waals surface area contributed by atoms with Gasteiger partial charge in [-0.05, 0) is 79.9 Å². The van der Waals surface area contributed by atoms with E-state index in [2.05, 4.69) is 19.1 Å². The number of amides is 1. The lowest BCUT2D eigenvalue weighted by Gasteiger charge is -2.15. The van der Waals surface area contributed by atoms with Gasteiger partial charge in [-0.1, -0.05) is 61.0 Å². The highest BCUT2D eigenvalue weighted by Crippen LogP contribution is 2.36.